The van der Waals surface area contributed by atoms with Crippen LogP contribution in [0.15, 0.2) is 22.7 Å². The topological polar surface area (TPSA) is 40.5 Å². The van der Waals surface area contributed by atoms with Gasteiger partial charge in [0.2, 0.25) is 0 Å². The van der Waals surface area contributed by atoms with Gasteiger partial charge >= 0.3 is 0 Å². The molecule has 0 aliphatic heterocycles. The molecule has 3 nitrogen and oxygen atoms in total. The number of hydrogen-bond donors (Lipinski definition) is 1. The zero-order valence-electron chi connectivity index (χ0n) is 9.25. The van der Waals surface area contributed by atoms with Gasteiger partial charge in [0.15, 0.2) is 0 Å². The Morgan fingerprint density at radius 3 is 2.61 bits per heavy atom. The Hall–Kier alpha value is -0.720. The van der Waals surface area contributed by atoms with Crippen LogP contribution in [0.2, 0.25) is 5.02 Å². The fourth-order valence-corrected chi connectivity index (χ4v) is 2.28. The van der Waals surface area contributed by atoms with E-state index in [0.29, 0.717) is 9.50 Å². The summed E-state index contributed by atoms with van der Waals surface area (Å²) in [5.41, 5.74) is 0.198. The highest BCUT2D eigenvalue weighted by atomic mass is 79.9. The molecule has 0 unspecified atom stereocenters. The highest BCUT2D eigenvalue weighted by Gasteiger charge is 2.19. The Morgan fingerprint density at radius 1 is 1.44 bits per heavy atom. The van der Waals surface area contributed by atoms with Crippen LogP contribution >= 0.6 is 27.5 Å². The van der Waals surface area contributed by atoms with Gasteiger partial charge in [0.1, 0.15) is 0 Å². The minimum atomic E-state index is -2.65. The summed E-state index contributed by atoms with van der Waals surface area (Å²) in [5, 5.41) is 9.11. The first-order valence-corrected chi connectivity index (χ1v) is 6.25. The van der Waals surface area contributed by atoms with Crippen molar-refractivity contribution in [2.45, 2.75) is 6.43 Å². The Balaban J connectivity index is 2.93. The smallest absolute Gasteiger partial charge is 0.255 e. The van der Waals surface area contributed by atoms with Crippen molar-refractivity contribution in [2.24, 2.45) is 0 Å². The summed E-state index contributed by atoms with van der Waals surface area (Å²) in [6.45, 7) is -1.24. The number of carbonyl (C=O) groups is 1. The van der Waals surface area contributed by atoms with Crippen LogP contribution in [0.4, 0.5) is 8.78 Å². The van der Waals surface area contributed by atoms with Gasteiger partial charge < -0.3 is 10.0 Å². The van der Waals surface area contributed by atoms with Crippen molar-refractivity contribution >= 4 is 33.4 Å². The fourth-order valence-electron chi connectivity index (χ4n) is 1.42. The van der Waals surface area contributed by atoms with Crippen LogP contribution in [0.5, 0.6) is 0 Å². The zero-order valence-corrected chi connectivity index (χ0v) is 11.6. The molecule has 0 aromatic heterocycles. The standard InChI is InChI=1S/C11H11BrClF2NO2/c12-8-3-7(4-9(13)5-8)11(18)16(1-2-17)6-10(14)15/h3-5,10,17H,1-2,6H2. The molecule has 0 atom stereocenters. The summed E-state index contributed by atoms with van der Waals surface area (Å²) in [4.78, 5) is 12.9. The van der Waals surface area contributed by atoms with Crippen molar-refractivity contribution in [1.82, 2.24) is 4.90 Å². The van der Waals surface area contributed by atoms with Gasteiger partial charge in [-0.05, 0) is 18.2 Å². The summed E-state index contributed by atoms with van der Waals surface area (Å²) in [6.07, 6.45) is -2.65. The number of benzene rings is 1. The van der Waals surface area contributed by atoms with Gasteiger partial charge in [-0.1, -0.05) is 27.5 Å². The summed E-state index contributed by atoms with van der Waals surface area (Å²) >= 11 is 8.95. The molecule has 1 aromatic rings. The largest absolute Gasteiger partial charge is 0.395 e. The lowest BCUT2D eigenvalue weighted by molar-refractivity contribution is 0.0509. The van der Waals surface area contributed by atoms with Crippen LogP contribution in [0.3, 0.4) is 0 Å². The molecule has 0 radical (unpaired) electrons. The summed E-state index contributed by atoms with van der Waals surface area (Å²) < 4.78 is 25.2. The molecule has 0 aliphatic carbocycles. The third kappa shape index (κ3) is 4.51. The van der Waals surface area contributed by atoms with Crippen LogP contribution in [0.25, 0.3) is 0 Å². The number of rotatable bonds is 5. The Kier molecular flexibility index (Phi) is 5.98. The molecule has 1 amide bonds. The van der Waals surface area contributed by atoms with Crippen LogP contribution in [0, 0.1) is 0 Å². The third-order valence-electron chi connectivity index (χ3n) is 2.13. The molecular formula is C11H11BrClF2NO2. The molecule has 0 saturated heterocycles. The highest BCUT2D eigenvalue weighted by molar-refractivity contribution is 9.10. The van der Waals surface area contributed by atoms with Gasteiger partial charge in [-0.25, -0.2) is 8.78 Å². The van der Waals surface area contributed by atoms with Crippen LogP contribution in [-0.2, 0) is 0 Å². The number of aliphatic hydroxyl groups excluding tert-OH is 1. The van der Waals surface area contributed by atoms with E-state index in [2.05, 4.69) is 15.9 Å². The number of nitrogens with zero attached hydrogens (tertiary/aromatic N) is 1. The average molecular weight is 343 g/mol. The molecule has 18 heavy (non-hydrogen) atoms. The third-order valence-corrected chi connectivity index (χ3v) is 2.80. The summed E-state index contributed by atoms with van der Waals surface area (Å²) in [5.74, 6) is -0.590. The van der Waals surface area contributed by atoms with Gasteiger partial charge in [0, 0.05) is 21.6 Å². The Bertz CT molecular complexity index is 411. The summed E-state index contributed by atoms with van der Waals surface area (Å²) in [6, 6.07) is 4.47. The quantitative estimate of drug-likeness (QED) is 0.894. The normalized spacial score (nSPS) is 10.8. The molecular weight excluding hydrogens is 331 g/mol. The first-order chi connectivity index (χ1) is 8.43. The lowest BCUT2D eigenvalue weighted by atomic mass is 10.2. The number of aliphatic hydroxyl groups is 1. The Morgan fingerprint density at radius 2 is 2.11 bits per heavy atom. The molecule has 0 heterocycles. The van der Waals surface area contributed by atoms with Crippen molar-refractivity contribution in [2.75, 3.05) is 19.7 Å². The van der Waals surface area contributed by atoms with E-state index >= 15 is 0 Å². The van der Waals surface area contributed by atoms with E-state index in [-0.39, 0.29) is 18.7 Å². The molecule has 1 aromatic carbocycles. The first-order valence-electron chi connectivity index (χ1n) is 5.08. The number of halogens is 4. The van der Waals surface area contributed by atoms with Gasteiger partial charge in [0.25, 0.3) is 12.3 Å². The van der Waals surface area contributed by atoms with Gasteiger partial charge in [-0.2, -0.15) is 0 Å². The first kappa shape index (κ1) is 15.3. The molecule has 0 aliphatic rings. The summed E-state index contributed by atoms with van der Waals surface area (Å²) in [7, 11) is 0. The second-order valence-corrected chi connectivity index (χ2v) is 4.88. The highest BCUT2D eigenvalue weighted by Crippen LogP contribution is 2.20. The zero-order chi connectivity index (χ0) is 13.7. The minimum absolute atomic E-state index is 0.146. The van der Waals surface area contributed by atoms with E-state index in [9.17, 15) is 13.6 Å². The predicted molar refractivity (Wildman–Crippen MR) is 68.1 cm³/mol. The SMILES string of the molecule is O=C(c1cc(Cl)cc(Br)c1)N(CCO)CC(F)F. The lowest BCUT2D eigenvalue weighted by Crippen LogP contribution is -2.37. The molecule has 1 rings (SSSR count). The van der Waals surface area contributed by atoms with E-state index in [1.807, 2.05) is 0 Å². The van der Waals surface area contributed by atoms with Crippen molar-refractivity contribution in [3.8, 4) is 0 Å². The van der Waals surface area contributed by atoms with Gasteiger partial charge in [-0.3, -0.25) is 4.79 Å². The lowest BCUT2D eigenvalue weighted by Gasteiger charge is -2.21. The van der Waals surface area contributed by atoms with Crippen LogP contribution in [-0.4, -0.2) is 42.0 Å². The van der Waals surface area contributed by atoms with Crippen molar-refractivity contribution < 1.29 is 18.7 Å². The van der Waals surface area contributed by atoms with E-state index in [0.717, 1.165) is 4.90 Å². The van der Waals surface area contributed by atoms with Gasteiger partial charge in [0.05, 0.1) is 13.2 Å². The number of hydrogen-bond acceptors (Lipinski definition) is 2. The molecule has 7 heteroatoms. The van der Waals surface area contributed by atoms with Crippen molar-refractivity contribution in [3.05, 3.63) is 33.3 Å². The van der Waals surface area contributed by atoms with E-state index in [4.69, 9.17) is 16.7 Å². The molecule has 1 N–H and O–H groups in total. The molecule has 0 fully saturated rings. The maximum absolute atomic E-state index is 12.3. The Labute approximate surface area is 116 Å². The molecule has 100 valence electrons. The maximum atomic E-state index is 12.3. The monoisotopic (exact) mass is 341 g/mol. The second kappa shape index (κ2) is 7.01. The number of amides is 1. The van der Waals surface area contributed by atoms with E-state index < -0.39 is 18.9 Å². The predicted octanol–water partition coefficient (Wildman–Crippen LogP) is 2.80. The van der Waals surface area contributed by atoms with E-state index in [1.54, 1.807) is 6.07 Å². The van der Waals surface area contributed by atoms with E-state index in [1.165, 1.54) is 12.1 Å². The number of alkyl halides is 2. The van der Waals surface area contributed by atoms with Crippen molar-refractivity contribution in [1.29, 1.82) is 0 Å². The van der Waals surface area contributed by atoms with Crippen molar-refractivity contribution in [3.63, 3.8) is 0 Å². The maximum Gasteiger partial charge on any atom is 0.255 e. The minimum Gasteiger partial charge on any atom is -0.395 e. The van der Waals surface area contributed by atoms with Gasteiger partial charge in [-0.15, -0.1) is 0 Å². The van der Waals surface area contributed by atoms with Crippen LogP contribution < -0.4 is 0 Å². The molecule has 0 bridgehead atoms. The number of carbonyl (C=O) groups excluding carboxylic acids is 1. The van der Waals surface area contributed by atoms with Crippen LogP contribution in [0.1, 0.15) is 10.4 Å². The fraction of sp³-hybridized carbons (Fsp3) is 0.364. The average Bonchev–Trinajstić information content (AvgIpc) is 2.25. The molecule has 0 spiro atoms. The second-order valence-electron chi connectivity index (χ2n) is 3.52. The molecule has 0 saturated carbocycles.